The van der Waals surface area contributed by atoms with Crippen molar-refractivity contribution in [3.05, 3.63) is 90.1 Å². The summed E-state index contributed by atoms with van der Waals surface area (Å²) in [6, 6.07) is 8.82. The van der Waals surface area contributed by atoms with Crippen LogP contribution in [0.25, 0.3) is 10.9 Å². The maximum atomic E-state index is 14.2. The Balaban J connectivity index is 1.63. The maximum Gasteiger partial charge on any atom is 0.327 e. The minimum atomic E-state index is -1.36. The molecular weight excluding hydrogens is 769 g/mol. The predicted molar refractivity (Wildman–Crippen MR) is 219 cm³/mol. The number of carbonyl (C=O) groups is 6. The van der Waals surface area contributed by atoms with Crippen LogP contribution in [0.4, 0.5) is 0 Å². The van der Waals surface area contributed by atoms with E-state index in [1.807, 2.05) is 24.3 Å². The van der Waals surface area contributed by atoms with Crippen molar-refractivity contribution >= 4 is 65.0 Å². The fraction of sp³-hybridized carbons (Fsp3) is 0.368. The molecule has 0 aliphatic carbocycles. The Bertz CT molecular complexity index is 2040. The lowest BCUT2D eigenvalue weighted by atomic mass is 10.0. The summed E-state index contributed by atoms with van der Waals surface area (Å²) >= 11 is 4.05. The van der Waals surface area contributed by atoms with Crippen molar-refractivity contribution in [3.8, 4) is 0 Å². The number of fused-ring (bicyclic) bond motifs is 1. The quantitative estimate of drug-likeness (QED) is 0.0193. The number of thiol groups is 1. The van der Waals surface area contributed by atoms with Gasteiger partial charge in [-0.15, -0.1) is 0 Å². The number of nitrogens with one attached hydrogen (secondary N) is 7. The molecule has 0 saturated carbocycles. The number of carboxylic acid groups (broad SMARTS) is 1. The molecule has 310 valence electrons. The van der Waals surface area contributed by atoms with Crippen LogP contribution in [0, 0.1) is 0 Å². The number of rotatable bonds is 22. The highest BCUT2D eigenvalue weighted by atomic mass is 32.1. The van der Waals surface area contributed by atoms with Crippen LogP contribution in [0.15, 0.2) is 78.3 Å². The summed E-state index contributed by atoms with van der Waals surface area (Å²) in [6.45, 7) is 1.56. The minimum Gasteiger partial charge on any atom is -0.480 e. The number of nitrogens with two attached hydrogens (primary N) is 3. The monoisotopic (exact) mass is 818 g/mol. The molecule has 0 radical (unpaired) electrons. The van der Waals surface area contributed by atoms with E-state index in [1.54, 1.807) is 36.5 Å². The summed E-state index contributed by atoms with van der Waals surface area (Å²) in [5, 5.41) is 23.6. The molecule has 2 heterocycles. The topological polar surface area (TPSA) is 318 Å². The first-order valence-corrected chi connectivity index (χ1v) is 19.1. The molecule has 19 nitrogen and oxygen atoms in total. The molecule has 0 aliphatic heterocycles. The lowest BCUT2D eigenvalue weighted by Crippen LogP contribution is -2.60. The van der Waals surface area contributed by atoms with E-state index in [-0.39, 0.29) is 50.4 Å². The zero-order valence-corrected chi connectivity index (χ0v) is 32.7. The average molecular weight is 819 g/mol. The molecule has 4 aromatic rings. The smallest absolute Gasteiger partial charge is 0.327 e. The third-order valence-corrected chi connectivity index (χ3v) is 9.41. The van der Waals surface area contributed by atoms with E-state index < -0.39 is 71.8 Å². The molecule has 0 fully saturated rings. The van der Waals surface area contributed by atoms with E-state index in [1.165, 1.54) is 19.4 Å². The van der Waals surface area contributed by atoms with Crippen molar-refractivity contribution in [2.45, 2.75) is 75.3 Å². The Hall–Kier alpha value is -6.41. The van der Waals surface area contributed by atoms with Crippen molar-refractivity contribution in [2.75, 3.05) is 12.3 Å². The van der Waals surface area contributed by atoms with E-state index in [2.05, 4.69) is 59.2 Å². The fourth-order valence-electron chi connectivity index (χ4n) is 5.96. The highest BCUT2D eigenvalue weighted by Gasteiger charge is 2.33. The number of para-hydroxylation sites is 1. The standard InChI is InChI=1S/C38H50N12O7S/c1-21(39)32(51)47-30(16-24-18-42-20-45-24)36(55)48-28(14-22-8-3-2-4-9-22)34(53)46-27(12-7-13-43-38(40)41)33(52)49-29(35(54)50-31(19-58)37(56)57)15-23-17-44-26-11-6-5-10-25(23)26/h2-6,8-11,17-18,20-21,27-31,44,58H,7,12-16,19,39H2,1H3,(H,42,45)(H,46,53)(H,47,51)(H,48,55)(H,49,52)(H,50,54)(H,56,57)(H4,40,41,43)/t21-,27+,28-,29+,30+,31+/m1/s1. The van der Waals surface area contributed by atoms with Gasteiger partial charge in [-0.3, -0.25) is 29.0 Å². The Kier molecular flexibility index (Phi) is 16.6. The first-order valence-electron chi connectivity index (χ1n) is 18.5. The summed E-state index contributed by atoms with van der Waals surface area (Å²) < 4.78 is 0. The predicted octanol–water partition coefficient (Wildman–Crippen LogP) is -1.24. The first kappa shape index (κ1) is 44.3. The number of carboxylic acids is 1. The van der Waals surface area contributed by atoms with Crippen molar-refractivity contribution in [1.29, 1.82) is 0 Å². The molecule has 4 rings (SSSR count). The number of aliphatic carboxylic acids is 1. The number of amides is 5. The molecule has 14 N–H and O–H groups in total. The van der Waals surface area contributed by atoms with Crippen molar-refractivity contribution < 1.29 is 33.9 Å². The maximum absolute atomic E-state index is 14.2. The SMILES string of the molecule is C[C@@H](N)C(=O)N[C@@H](Cc1cnc[nH]1)C(=O)N[C@H](Cc1ccccc1)C(=O)N[C@@H](CCCN=C(N)N)C(=O)N[C@@H](Cc1c[nH]c2ccccc12)C(=O)N[C@@H](CS)C(=O)O. The van der Waals surface area contributed by atoms with Crippen molar-refractivity contribution in [1.82, 2.24) is 41.5 Å². The molecule has 0 aliphatic rings. The molecule has 2 aromatic carbocycles. The summed E-state index contributed by atoms with van der Waals surface area (Å²) in [6.07, 6.45) is 4.73. The second-order valence-corrected chi connectivity index (χ2v) is 14.0. The number of hydrogen-bond acceptors (Lipinski definition) is 10. The van der Waals surface area contributed by atoms with Crippen LogP contribution >= 0.6 is 12.6 Å². The number of aromatic amines is 2. The number of aromatic nitrogens is 3. The molecule has 6 atom stereocenters. The number of imidazole rings is 1. The largest absolute Gasteiger partial charge is 0.480 e. The lowest BCUT2D eigenvalue weighted by Gasteiger charge is -2.27. The zero-order chi connectivity index (χ0) is 42.2. The number of benzene rings is 2. The fourth-order valence-corrected chi connectivity index (χ4v) is 6.21. The second kappa shape index (κ2) is 21.8. The normalized spacial score (nSPS) is 14.1. The van der Waals surface area contributed by atoms with Crippen LogP contribution in [-0.2, 0) is 48.0 Å². The summed E-state index contributed by atoms with van der Waals surface area (Å²) in [5.74, 6) is -5.34. The molecule has 5 amide bonds. The summed E-state index contributed by atoms with van der Waals surface area (Å²) in [7, 11) is 0. The summed E-state index contributed by atoms with van der Waals surface area (Å²) in [5.41, 5.74) is 19.4. The lowest BCUT2D eigenvalue weighted by molar-refractivity contribution is -0.141. The van der Waals surface area contributed by atoms with Crippen LogP contribution in [0.5, 0.6) is 0 Å². The summed E-state index contributed by atoms with van der Waals surface area (Å²) in [4.78, 5) is 94.4. The zero-order valence-electron chi connectivity index (χ0n) is 31.8. The number of aliphatic imine (C=N–C) groups is 1. The molecule has 0 unspecified atom stereocenters. The molecule has 20 heteroatoms. The molecule has 0 spiro atoms. The number of carbonyl (C=O) groups excluding carboxylic acids is 5. The molecular formula is C38H50N12O7S. The van der Waals surface area contributed by atoms with Crippen molar-refractivity contribution in [3.63, 3.8) is 0 Å². The van der Waals surface area contributed by atoms with E-state index in [0.29, 0.717) is 16.8 Å². The number of H-pyrrole nitrogens is 2. The Labute approximate surface area is 339 Å². The van der Waals surface area contributed by atoms with Gasteiger partial charge in [-0.25, -0.2) is 9.78 Å². The first-order chi connectivity index (χ1) is 27.7. The minimum absolute atomic E-state index is 0.00434. The van der Waals surface area contributed by atoms with Gasteiger partial charge < -0.3 is 58.9 Å². The van der Waals surface area contributed by atoms with Gasteiger partial charge in [0.05, 0.1) is 12.4 Å². The van der Waals surface area contributed by atoms with Crippen LogP contribution in [0.1, 0.15) is 36.6 Å². The number of nitrogens with zero attached hydrogens (tertiary/aromatic N) is 2. The van der Waals surface area contributed by atoms with Crippen LogP contribution < -0.4 is 43.8 Å². The van der Waals surface area contributed by atoms with E-state index >= 15 is 0 Å². The van der Waals surface area contributed by atoms with Crippen LogP contribution in [0.2, 0.25) is 0 Å². The Morgan fingerprint density at radius 3 is 1.93 bits per heavy atom. The van der Waals surface area contributed by atoms with Gasteiger partial charge in [0.25, 0.3) is 0 Å². The van der Waals surface area contributed by atoms with E-state index in [9.17, 15) is 33.9 Å². The van der Waals surface area contributed by atoms with Gasteiger partial charge in [0, 0.05) is 60.6 Å². The highest BCUT2D eigenvalue weighted by Crippen LogP contribution is 2.19. The van der Waals surface area contributed by atoms with E-state index in [0.717, 1.165) is 10.9 Å². The third kappa shape index (κ3) is 13.4. The average Bonchev–Trinajstić information content (AvgIpc) is 3.87. The van der Waals surface area contributed by atoms with Gasteiger partial charge in [-0.1, -0.05) is 48.5 Å². The number of guanidine groups is 1. The van der Waals surface area contributed by atoms with Gasteiger partial charge in [0.1, 0.15) is 30.2 Å². The van der Waals surface area contributed by atoms with Crippen LogP contribution in [0.3, 0.4) is 0 Å². The van der Waals surface area contributed by atoms with Gasteiger partial charge in [0.2, 0.25) is 29.5 Å². The molecule has 2 aromatic heterocycles. The molecule has 0 saturated heterocycles. The number of hydrogen-bond donors (Lipinski definition) is 12. The molecule has 0 bridgehead atoms. The van der Waals surface area contributed by atoms with Gasteiger partial charge in [-0.05, 0) is 37.0 Å². The highest BCUT2D eigenvalue weighted by molar-refractivity contribution is 7.80. The van der Waals surface area contributed by atoms with Gasteiger partial charge in [0.15, 0.2) is 5.96 Å². The second-order valence-electron chi connectivity index (χ2n) is 13.6. The van der Waals surface area contributed by atoms with Crippen molar-refractivity contribution in [2.24, 2.45) is 22.2 Å². The Morgan fingerprint density at radius 2 is 1.33 bits per heavy atom. The molecule has 58 heavy (non-hydrogen) atoms. The van der Waals surface area contributed by atoms with E-state index in [4.69, 9.17) is 17.2 Å². The third-order valence-electron chi connectivity index (χ3n) is 9.05. The van der Waals surface area contributed by atoms with Crippen LogP contribution in [-0.4, -0.2) is 110 Å². The van der Waals surface area contributed by atoms with Gasteiger partial charge in [-0.2, -0.15) is 12.6 Å². The Morgan fingerprint density at radius 1 is 0.759 bits per heavy atom. The van der Waals surface area contributed by atoms with Gasteiger partial charge >= 0.3 is 5.97 Å².